The number of aliphatic hydroxyl groups is 1. The van der Waals surface area contributed by atoms with Gasteiger partial charge in [-0.15, -0.1) is 0 Å². The first-order valence-electron chi connectivity index (χ1n) is 7.48. The topological polar surface area (TPSA) is 65.0 Å². The molecule has 1 heterocycles. The van der Waals surface area contributed by atoms with E-state index in [1.165, 1.54) is 0 Å². The van der Waals surface area contributed by atoms with E-state index in [9.17, 15) is 9.67 Å². The SMILES string of the molecule is CCOP(=O)(OCC)C(C1=C[C@@H](O)CO1)c1ccc(C)cc1. The number of allylic oxidation sites excluding steroid dienone is 1. The summed E-state index contributed by atoms with van der Waals surface area (Å²) in [4.78, 5) is 0. The minimum atomic E-state index is -3.45. The number of benzene rings is 1. The largest absolute Gasteiger partial charge is 0.494 e. The lowest BCUT2D eigenvalue weighted by Gasteiger charge is -2.27. The molecule has 1 unspecified atom stereocenters. The monoisotopic (exact) mass is 326 g/mol. The molecule has 2 atom stereocenters. The molecule has 0 saturated carbocycles. The molecule has 0 spiro atoms. The lowest BCUT2D eigenvalue weighted by Crippen LogP contribution is -2.10. The van der Waals surface area contributed by atoms with Crippen LogP contribution in [0, 0.1) is 6.92 Å². The molecule has 1 aliphatic heterocycles. The lowest BCUT2D eigenvalue weighted by atomic mass is 10.1. The first-order valence-corrected chi connectivity index (χ1v) is 9.09. The summed E-state index contributed by atoms with van der Waals surface area (Å²) in [5.41, 5.74) is 1.23. The number of hydrogen-bond acceptors (Lipinski definition) is 5. The van der Waals surface area contributed by atoms with Crippen molar-refractivity contribution in [2.24, 2.45) is 0 Å². The van der Waals surface area contributed by atoms with Crippen molar-refractivity contribution in [2.75, 3.05) is 19.8 Å². The van der Waals surface area contributed by atoms with Crippen molar-refractivity contribution in [3.63, 3.8) is 0 Å². The number of ether oxygens (including phenoxy) is 1. The van der Waals surface area contributed by atoms with Crippen LogP contribution in [0.5, 0.6) is 0 Å². The van der Waals surface area contributed by atoms with E-state index in [0.29, 0.717) is 5.76 Å². The molecule has 22 heavy (non-hydrogen) atoms. The molecule has 1 aromatic carbocycles. The average molecular weight is 326 g/mol. The van der Waals surface area contributed by atoms with Crippen LogP contribution in [0.15, 0.2) is 36.1 Å². The molecular weight excluding hydrogens is 303 g/mol. The van der Waals surface area contributed by atoms with Crippen LogP contribution in [0.2, 0.25) is 0 Å². The molecule has 0 aromatic heterocycles. The molecule has 6 heteroatoms. The zero-order chi connectivity index (χ0) is 16.2. The van der Waals surface area contributed by atoms with Gasteiger partial charge < -0.3 is 18.9 Å². The molecule has 0 aliphatic carbocycles. The molecule has 0 fully saturated rings. The van der Waals surface area contributed by atoms with Crippen molar-refractivity contribution in [3.8, 4) is 0 Å². The van der Waals surface area contributed by atoms with Gasteiger partial charge in [-0.2, -0.15) is 0 Å². The number of aryl methyl sites for hydroxylation is 1. The van der Waals surface area contributed by atoms with E-state index < -0.39 is 19.4 Å². The highest BCUT2D eigenvalue weighted by Crippen LogP contribution is 2.64. The minimum absolute atomic E-state index is 0.163. The number of hydrogen-bond donors (Lipinski definition) is 1. The van der Waals surface area contributed by atoms with E-state index in [1.807, 2.05) is 31.2 Å². The smallest absolute Gasteiger partial charge is 0.345 e. The van der Waals surface area contributed by atoms with Gasteiger partial charge in [0, 0.05) is 0 Å². The standard InChI is InChI=1S/C16H23O5P/c1-4-20-22(18,21-5-2)16(15-10-14(17)11-19-15)13-8-6-12(3)7-9-13/h6-10,14,16-17H,4-5,11H2,1-3H3/t14-,16?/m1/s1. The van der Waals surface area contributed by atoms with Crippen LogP contribution in [-0.2, 0) is 18.3 Å². The Hall–Kier alpha value is -1.13. The van der Waals surface area contributed by atoms with E-state index in [2.05, 4.69) is 0 Å². The van der Waals surface area contributed by atoms with Gasteiger partial charge in [0.1, 0.15) is 24.1 Å². The summed E-state index contributed by atoms with van der Waals surface area (Å²) in [6.07, 6.45) is 0.884. The van der Waals surface area contributed by atoms with Gasteiger partial charge in [0.25, 0.3) is 0 Å². The van der Waals surface area contributed by atoms with Crippen LogP contribution in [0.1, 0.15) is 30.6 Å². The minimum Gasteiger partial charge on any atom is -0.494 e. The maximum Gasteiger partial charge on any atom is 0.345 e. The van der Waals surface area contributed by atoms with Gasteiger partial charge in [0.2, 0.25) is 0 Å². The predicted octanol–water partition coefficient (Wildman–Crippen LogP) is 3.58. The molecule has 5 nitrogen and oxygen atoms in total. The maximum absolute atomic E-state index is 13.2. The summed E-state index contributed by atoms with van der Waals surface area (Å²) in [5, 5.41) is 9.69. The third-order valence-corrected chi connectivity index (χ3v) is 5.80. The fraction of sp³-hybridized carbons (Fsp3) is 0.500. The van der Waals surface area contributed by atoms with E-state index in [-0.39, 0.29) is 19.8 Å². The van der Waals surface area contributed by atoms with Crippen LogP contribution >= 0.6 is 7.60 Å². The van der Waals surface area contributed by atoms with Crippen LogP contribution in [0.3, 0.4) is 0 Å². The molecule has 1 aromatic rings. The zero-order valence-corrected chi connectivity index (χ0v) is 14.1. The van der Waals surface area contributed by atoms with Crippen molar-refractivity contribution < 1.29 is 23.5 Å². The normalized spacial score (nSPS) is 19.6. The molecular formula is C16H23O5P. The Morgan fingerprint density at radius 3 is 2.32 bits per heavy atom. The molecule has 122 valence electrons. The summed E-state index contributed by atoms with van der Waals surface area (Å²) in [6.45, 7) is 6.24. The van der Waals surface area contributed by atoms with Crippen molar-refractivity contribution >= 4 is 7.60 Å². The van der Waals surface area contributed by atoms with Crippen LogP contribution in [0.4, 0.5) is 0 Å². The summed E-state index contributed by atoms with van der Waals surface area (Å²) < 4.78 is 29.8. The molecule has 0 saturated heterocycles. The van der Waals surface area contributed by atoms with E-state index in [1.54, 1.807) is 19.9 Å². The molecule has 0 amide bonds. The zero-order valence-electron chi connectivity index (χ0n) is 13.2. The summed E-state index contributed by atoms with van der Waals surface area (Å²) >= 11 is 0. The van der Waals surface area contributed by atoms with E-state index in [4.69, 9.17) is 13.8 Å². The Labute approximate surface area is 131 Å². The molecule has 2 rings (SSSR count). The van der Waals surface area contributed by atoms with Gasteiger partial charge in [0.15, 0.2) is 0 Å². The highest BCUT2D eigenvalue weighted by atomic mass is 31.2. The van der Waals surface area contributed by atoms with Crippen LogP contribution < -0.4 is 0 Å². The third-order valence-electron chi connectivity index (χ3n) is 3.37. The quantitative estimate of drug-likeness (QED) is 0.776. The molecule has 0 radical (unpaired) electrons. The Balaban J connectivity index is 2.46. The van der Waals surface area contributed by atoms with Crippen LogP contribution in [0.25, 0.3) is 0 Å². The first kappa shape index (κ1) is 17.2. The fourth-order valence-electron chi connectivity index (χ4n) is 2.44. The van der Waals surface area contributed by atoms with Gasteiger partial charge >= 0.3 is 7.60 Å². The highest BCUT2D eigenvalue weighted by molar-refractivity contribution is 7.54. The summed E-state index contributed by atoms with van der Waals surface area (Å²) in [6, 6.07) is 7.66. The van der Waals surface area contributed by atoms with Crippen molar-refractivity contribution in [3.05, 3.63) is 47.2 Å². The van der Waals surface area contributed by atoms with Crippen molar-refractivity contribution in [2.45, 2.75) is 32.5 Å². The van der Waals surface area contributed by atoms with Crippen molar-refractivity contribution in [1.29, 1.82) is 0 Å². The van der Waals surface area contributed by atoms with Gasteiger partial charge in [0.05, 0.1) is 13.2 Å². The molecule has 0 bridgehead atoms. The van der Waals surface area contributed by atoms with Gasteiger partial charge in [-0.1, -0.05) is 29.8 Å². The third kappa shape index (κ3) is 3.79. The Morgan fingerprint density at radius 1 is 1.27 bits per heavy atom. The first-order chi connectivity index (χ1) is 10.5. The lowest BCUT2D eigenvalue weighted by molar-refractivity contribution is 0.129. The highest BCUT2D eigenvalue weighted by Gasteiger charge is 2.42. The van der Waals surface area contributed by atoms with Crippen molar-refractivity contribution in [1.82, 2.24) is 0 Å². The van der Waals surface area contributed by atoms with Gasteiger partial charge in [-0.3, -0.25) is 4.57 Å². The second-order valence-corrected chi connectivity index (χ2v) is 7.25. The number of aliphatic hydroxyl groups excluding tert-OH is 1. The molecule has 1 aliphatic rings. The Morgan fingerprint density at radius 2 is 1.86 bits per heavy atom. The average Bonchev–Trinajstić information content (AvgIpc) is 2.88. The van der Waals surface area contributed by atoms with Crippen LogP contribution in [-0.4, -0.2) is 31.0 Å². The Kier molecular flexibility index (Phi) is 5.81. The fourth-order valence-corrected chi connectivity index (χ4v) is 4.54. The Bertz CT molecular complexity index is 556. The number of rotatable bonds is 7. The maximum atomic E-state index is 13.2. The second kappa shape index (κ2) is 7.42. The van der Waals surface area contributed by atoms with Gasteiger partial charge in [-0.25, -0.2) is 0 Å². The summed E-state index contributed by atoms with van der Waals surface area (Å²) in [7, 11) is -3.45. The van der Waals surface area contributed by atoms with E-state index >= 15 is 0 Å². The summed E-state index contributed by atoms with van der Waals surface area (Å²) in [5.74, 6) is 0.446. The second-order valence-electron chi connectivity index (χ2n) is 5.14. The molecule has 1 N–H and O–H groups in total. The predicted molar refractivity (Wildman–Crippen MR) is 84.8 cm³/mol. The van der Waals surface area contributed by atoms with Gasteiger partial charge in [-0.05, 0) is 32.4 Å². The van der Waals surface area contributed by atoms with E-state index in [0.717, 1.165) is 11.1 Å².